The molecule has 0 fully saturated rings. The highest BCUT2D eigenvalue weighted by Crippen LogP contribution is 2.36. The predicted molar refractivity (Wildman–Crippen MR) is 96.8 cm³/mol. The Kier molecular flexibility index (Phi) is 5.55. The van der Waals surface area contributed by atoms with Crippen LogP contribution in [0, 0.1) is 0 Å². The van der Waals surface area contributed by atoms with E-state index >= 15 is 0 Å². The maximum absolute atomic E-state index is 12.9. The molecule has 3 rings (SSSR count). The Labute approximate surface area is 170 Å². The number of anilines is 1. The molecular weight excluding hydrogens is 438 g/mol. The van der Waals surface area contributed by atoms with Gasteiger partial charge in [0.05, 0.1) is 11.1 Å². The summed E-state index contributed by atoms with van der Waals surface area (Å²) in [5.74, 6) is -1.65. The van der Waals surface area contributed by atoms with Crippen molar-refractivity contribution in [3.63, 3.8) is 0 Å². The molecule has 158 valence electrons. The van der Waals surface area contributed by atoms with Crippen LogP contribution in [-0.2, 0) is 17.1 Å². The quantitative estimate of drug-likeness (QED) is 0.504. The zero-order chi connectivity index (χ0) is 22.3. The van der Waals surface area contributed by atoms with E-state index in [9.17, 15) is 35.9 Å². The standard InChI is InChI=1S/C19H11ClF6N2O2/c20-12-1-2-15-14(8-12)13(17(30)28-15)3-4-27-16(29)9-5-10(18(21,22)23)7-11(6-9)19(24,25)26/h1-3,5-8H,4H2,(H,27,29)(H,28,30)/b13-3+. The van der Waals surface area contributed by atoms with Crippen molar-refractivity contribution >= 4 is 34.7 Å². The molecule has 0 aliphatic carbocycles. The summed E-state index contributed by atoms with van der Waals surface area (Å²) in [5.41, 5.74) is -2.91. The van der Waals surface area contributed by atoms with Crippen molar-refractivity contribution in [2.75, 3.05) is 11.9 Å². The van der Waals surface area contributed by atoms with Gasteiger partial charge >= 0.3 is 12.4 Å². The molecule has 0 radical (unpaired) electrons. The number of amides is 2. The lowest BCUT2D eigenvalue weighted by molar-refractivity contribution is -0.143. The molecule has 2 amide bonds. The molecule has 11 heteroatoms. The molecule has 1 heterocycles. The Morgan fingerprint density at radius 3 is 2.17 bits per heavy atom. The molecule has 2 aromatic carbocycles. The van der Waals surface area contributed by atoms with E-state index < -0.39 is 40.9 Å². The fraction of sp³-hybridized carbons (Fsp3) is 0.158. The number of alkyl halides is 6. The van der Waals surface area contributed by atoms with Crippen LogP contribution in [0.1, 0.15) is 27.0 Å². The minimum absolute atomic E-state index is 0.0672. The van der Waals surface area contributed by atoms with Gasteiger partial charge < -0.3 is 10.6 Å². The summed E-state index contributed by atoms with van der Waals surface area (Å²) < 4.78 is 77.5. The number of nitrogens with one attached hydrogen (secondary N) is 2. The molecule has 4 nitrogen and oxygen atoms in total. The number of rotatable bonds is 3. The van der Waals surface area contributed by atoms with E-state index in [1.807, 2.05) is 0 Å². The molecule has 1 aliphatic heterocycles. The summed E-state index contributed by atoms with van der Waals surface area (Å²) in [6.45, 7) is -0.314. The summed E-state index contributed by atoms with van der Waals surface area (Å²) in [5, 5.41) is 5.10. The first-order chi connectivity index (χ1) is 13.9. The molecule has 0 aromatic heterocycles. The van der Waals surface area contributed by atoms with Crippen LogP contribution in [0.15, 0.2) is 42.5 Å². The lowest BCUT2D eigenvalue weighted by Crippen LogP contribution is -2.25. The number of carbonyl (C=O) groups excluding carboxylic acids is 2. The van der Waals surface area contributed by atoms with Crippen molar-refractivity contribution in [3.05, 3.63) is 69.8 Å². The normalized spacial score (nSPS) is 15.2. The fourth-order valence-corrected chi connectivity index (χ4v) is 2.97. The lowest BCUT2D eigenvalue weighted by Gasteiger charge is -2.14. The van der Waals surface area contributed by atoms with E-state index in [1.54, 1.807) is 12.1 Å². The highest BCUT2D eigenvalue weighted by molar-refractivity contribution is 6.34. The number of carbonyl (C=O) groups is 2. The van der Waals surface area contributed by atoms with E-state index in [1.165, 1.54) is 12.1 Å². The summed E-state index contributed by atoms with van der Waals surface area (Å²) in [6, 6.07) is 5.21. The van der Waals surface area contributed by atoms with Crippen LogP contribution in [0.25, 0.3) is 5.57 Å². The van der Waals surface area contributed by atoms with Gasteiger partial charge in [-0.1, -0.05) is 17.7 Å². The lowest BCUT2D eigenvalue weighted by atomic mass is 10.0. The minimum atomic E-state index is -5.07. The molecule has 0 saturated carbocycles. The van der Waals surface area contributed by atoms with Crippen LogP contribution in [-0.4, -0.2) is 18.4 Å². The highest BCUT2D eigenvalue weighted by Gasteiger charge is 2.37. The van der Waals surface area contributed by atoms with Gasteiger partial charge in [0.25, 0.3) is 11.8 Å². The van der Waals surface area contributed by atoms with Gasteiger partial charge in [-0.2, -0.15) is 26.3 Å². The molecule has 0 saturated heterocycles. The number of hydrogen-bond acceptors (Lipinski definition) is 2. The average molecular weight is 449 g/mol. The molecular formula is C19H11ClF6N2O2. The third-order valence-corrected chi connectivity index (χ3v) is 4.42. The number of halogens is 7. The Morgan fingerprint density at radius 1 is 1.00 bits per heavy atom. The predicted octanol–water partition coefficient (Wildman–Crippen LogP) is 5.14. The first-order valence-corrected chi connectivity index (χ1v) is 8.63. The molecule has 0 bridgehead atoms. The Bertz CT molecular complexity index is 1030. The van der Waals surface area contributed by atoms with Crippen LogP contribution in [0.5, 0.6) is 0 Å². The summed E-state index contributed by atoms with van der Waals surface area (Å²) in [6.07, 6.45) is -8.85. The van der Waals surface area contributed by atoms with Crippen molar-refractivity contribution in [2.24, 2.45) is 0 Å². The zero-order valence-corrected chi connectivity index (χ0v) is 15.5. The maximum atomic E-state index is 12.9. The third kappa shape index (κ3) is 4.59. The zero-order valence-electron chi connectivity index (χ0n) is 14.7. The number of benzene rings is 2. The van der Waals surface area contributed by atoms with Crippen LogP contribution < -0.4 is 10.6 Å². The van der Waals surface area contributed by atoms with E-state index in [4.69, 9.17) is 11.6 Å². The second-order valence-electron chi connectivity index (χ2n) is 6.27. The second kappa shape index (κ2) is 7.67. The van der Waals surface area contributed by atoms with Gasteiger partial charge in [0.1, 0.15) is 0 Å². The van der Waals surface area contributed by atoms with E-state index in [-0.39, 0.29) is 18.2 Å². The van der Waals surface area contributed by atoms with Gasteiger partial charge in [0.2, 0.25) is 0 Å². The summed E-state index contributed by atoms with van der Waals surface area (Å²) in [7, 11) is 0. The van der Waals surface area contributed by atoms with Gasteiger partial charge in [0, 0.05) is 34.0 Å². The van der Waals surface area contributed by atoms with Gasteiger partial charge in [0.15, 0.2) is 0 Å². The summed E-state index contributed by atoms with van der Waals surface area (Å²) >= 11 is 5.88. The second-order valence-corrected chi connectivity index (χ2v) is 6.70. The maximum Gasteiger partial charge on any atom is 0.416 e. The first kappa shape index (κ1) is 21.7. The van der Waals surface area contributed by atoms with Gasteiger partial charge in [-0.15, -0.1) is 0 Å². The molecule has 0 atom stereocenters. The molecule has 2 aromatic rings. The van der Waals surface area contributed by atoms with Gasteiger partial charge in [-0.05, 0) is 36.4 Å². The first-order valence-electron chi connectivity index (χ1n) is 8.25. The molecule has 1 aliphatic rings. The number of hydrogen-bond donors (Lipinski definition) is 2. The van der Waals surface area contributed by atoms with Crippen molar-refractivity contribution in [2.45, 2.75) is 12.4 Å². The van der Waals surface area contributed by atoms with E-state index in [0.29, 0.717) is 28.4 Å². The Hall–Kier alpha value is -3.01. The SMILES string of the molecule is O=C1Nc2ccc(Cl)cc2/C1=C\CNC(=O)c1cc(C(F)(F)F)cc(C(F)(F)F)c1. The third-order valence-electron chi connectivity index (χ3n) is 4.18. The largest absolute Gasteiger partial charge is 0.416 e. The number of fused-ring (bicyclic) bond motifs is 1. The monoisotopic (exact) mass is 448 g/mol. The van der Waals surface area contributed by atoms with Crippen molar-refractivity contribution < 1.29 is 35.9 Å². The van der Waals surface area contributed by atoms with Crippen molar-refractivity contribution in [3.8, 4) is 0 Å². The van der Waals surface area contributed by atoms with E-state index in [2.05, 4.69) is 10.6 Å². The Balaban J connectivity index is 1.83. The smallest absolute Gasteiger partial charge is 0.349 e. The van der Waals surface area contributed by atoms with Crippen LogP contribution in [0.3, 0.4) is 0 Å². The van der Waals surface area contributed by atoms with Gasteiger partial charge in [-0.25, -0.2) is 0 Å². The van der Waals surface area contributed by atoms with Crippen molar-refractivity contribution in [1.82, 2.24) is 5.32 Å². The van der Waals surface area contributed by atoms with Crippen molar-refractivity contribution in [1.29, 1.82) is 0 Å². The van der Waals surface area contributed by atoms with Gasteiger partial charge in [-0.3, -0.25) is 9.59 Å². The van der Waals surface area contributed by atoms with Crippen LogP contribution in [0.2, 0.25) is 5.02 Å². The molecule has 30 heavy (non-hydrogen) atoms. The minimum Gasteiger partial charge on any atom is -0.349 e. The highest BCUT2D eigenvalue weighted by atomic mass is 35.5. The van der Waals surface area contributed by atoms with Crippen LogP contribution in [0.4, 0.5) is 32.0 Å². The molecule has 0 spiro atoms. The summed E-state index contributed by atoms with van der Waals surface area (Å²) in [4.78, 5) is 24.2. The molecule has 0 unspecified atom stereocenters. The topological polar surface area (TPSA) is 58.2 Å². The fourth-order valence-electron chi connectivity index (χ4n) is 2.80. The van der Waals surface area contributed by atoms with E-state index in [0.717, 1.165) is 0 Å². The average Bonchev–Trinajstić information content (AvgIpc) is 2.94. The molecule has 2 N–H and O–H groups in total. The van der Waals surface area contributed by atoms with Crippen LogP contribution >= 0.6 is 11.6 Å². The Morgan fingerprint density at radius 2 is 1.60 bits per heavy atom.